The summed E-state index contributed by atoms with van der Waals surface area (Å²) in [7, 11) is 0. The summed E-state index contributed by atoms with van der Waals surface area (Å²) in [6, 6.07) is 19.0. The molecule has 106 valence electrons. The fourth-order valence-corrected chi connectivity index (χ4v) is 2.92. The monoisotopic (exact) mass is 294 g/mol. The van der Waals surface area contributed by atoms with Gasteiger partial charge in [-0.1, -0.05) is 60.2 Å². The molecular weight excluding hydrogens is 276 g/mol. The molecule has 1 N–H and O–H groups in total. The van der Waals surface area contributed by atoms with Crippen LogP contribution in [0.1, 0.15) is 11.1 Å². The van der Waals surface area contributed by atoms with Gasteiger partial charge in [-0.3, -0.25) is 0 Å². The summed E-state index contributed by atoms with van der Waals surface area (Å²) in [5, 5.41) is 6.50. The molecule has 3 heteroatoms. The van der Waals surface area contributed by atoms with Gasteiger partial charge in [0.2, 0.25) is 0 Å². The van der Waals surface area contributed by atoms with Crippen LogP contribution in [0.5, 0.6) is 0 Å². The van der Waals surface area contributed by atoms with Crippen LogP contribution < -0.4 is 5.32 Å². The van der Waals surface area contributed by atoms with Crippen molar-refractivity contribution in [2.24, 2.45) is 0 Å². The van der Waals surface area contributed by atoms with Crippen molar-refractivity contribution in [1.29, 1.82) is 0 Å². The van der Waals surface area contributed by atoms with Crippen molar-refractivity contribution in [2.45, 2.75) is 13.3 Å². The second kappa shape index (κ2) is 6.55. The Morgan fingerprint density at radius 2 is 1.76 bits per heavy atom. The average Bonchev–Trinajstić information content (AvgIpc) is 2.98. The van der Waals surface area contributed by atoms with Crippen LogP contribution in [0.25, 0.3) is 11.3 Å². The molecule has 0 aliphatic heterocycles. The number of benzene rings is 2. The fourth-order valence-electron chi connectivity index (χ4n) is 2.17. The number of nitrogens with zero attached hydrogens (tertiary/aromatic N) is 1. The highest BCUT2D eigenvalue weighted by molar-refractivity contribution is 7.14. The van der Waals surface area contributed by atoms with Crippen LogP contribution in [0.2, 0.25) is 0 Å². The van der Waals surface area contributed by atoms with E-state index >= 15 is 0 Å². The first-order valence-corrected chi connectivity index (χ1v) is 7.99. The molecule has 0 atom stereocenters. The highest BCUT2D eigenvalue weighted by Crippen LogP contribution is 2.25. The van der Waals surface area contributed by atoms with Crippen molar-refractivity contribution in [1.82, 2.24) is 4.98 Å². The molecule has 0 aliphatic carbocycles. The molecule has 0 bridgehead atoms. The lowest BCUT2D eigenvalue weighted by Crippen LogP contribution is -2.04. The molecule has 3 aromatic rings. The maximum Gasteiger partial charge on any atom is 0.183 e. The predicted octanol–water partition coefficient (Wildman–Crippen LogP) is 4.77. The van der Waals surface area contributed by atoms with E-state index in [4.69, 9.17) is 0 Å². The van der Waals surface area contributed by atoms with Crippen molar-refractivity contribution >= 4 is 16.5 Å². The summed E-state index contributed by atoms with van der Waals surface area (Å²) in [6.45, 7) is 3.01. The SMILES string of the molecule is Cc1ccc(-c2csc(NCCc3ccccc3)n2)cc1. The van der Waals surface area contributed by atoms with Gasteiger partial charge in [0.25, 0.3) is 0 Å². The lowest BCUT2D eigenvalue weighted by atomic mass is 10.1. The first-order valence-electron chi connectivity index (χ1n) is 7.11. The van der Waals surface area contributed by atoms with Crippen LogP contribution in [0, 0.1) is 6.92 Å². The molecule has 2 aromatic carbocycles. The zero-order valence-electron chi connectivity index (χ0n) is 12.0. The third-order valence-corrected chi connectivity index (χ3v) is 4.18. The Balaban J connectivity index is 1.59. The van der Waals surface area contributed by atoms with E-state index in [0.29, 0.717) is 0 Å². The molecule has 1 aromatic heterocycles. The van der Waals surface area contributed by atoms with Gasteiger partial charge in [-0.2, -0.15) is 0 Å². The van der Waals surface area contributed by atoms with E-state index in [1.165, 1.54) is 16.7 Å². The zero-order chi connectivity index (χ0) is 14.5. The van der Waals surface area contributed by atoms with E-state index in [2.05, 4.69) is 71.1 Å². The largest absolute Gasteiger partial charge is 0.361 e. The van der Waals surface area contributed by atoms with Crippen LogP contribution in [-0.2, 0) is 6.42 Å². The van der Waals surface area contributed by atoms with Crippen molar-refractivity contribution in [3.63, 3.8) is 0 Å². The fraction of sp³-hybridized carbons (Fsp3) is 0.167. The van der Waals surface area contributed by atoms with Crippen LogP contribution in [0.4, 0.5) is 5.13 Å². The Morgan fingerprint density at radius 3 is 2.52 bits per heavy atom. The number of aryl methyl sites for hydroxylation is 1. The van der Waals surface area contributed by atoms with Crippen LogP contribution in [0.3, 0.4) is 0 Å². The summed E-state index contributed by atoms with van der Waals surface area (Å²) >= 11 is 1.66. The summed E-state index contributed by atoms with van der Waals surface area (Å²) in [4.78, 5) is 4.65. The summed E-state index contributed by atoms with van der Waals surface area (Å²) in [5.74, 6) is 0. The number of hydrogen-bond donors (Lipinski definition) is 1. The van der Waals surface area contributed by atoms with Gasteiger partial charge in [-0.05, 0) is 18.9 Å². The molecular formula is C18H18N2S. The molecule has 0 saturated carbocycles. The predicted molar refractivity (Wildman–Crippen MR) is 90.9 cm³/mol. The Kier molecular flexibility index (Phi) is 4.31. The lowest BCUT2D eigenvalue weighted by molar-refractivity contribution is 1.02. The van der Waals surface area contributed by atoms with Gasteiger partial charge in [-0.25, -0.2) is 4.98 Å². The molecule has 1 heterocycles. The first kappa shape index (κ1) is 13.8. The number of thiazole rings is 1. The third-order valence-electron chi connectivity index (χ3n) is 3.38. The van der Waals surface area contributed by atoms with Gasteiger partial charge in [0.05, 0.1) is 5.69 Å². The molecule has 0 amide bonds. The minimum Gasteiger partial charge on any atom is -0.361 e. The smallest absolute Gasteiger partial charge is 0.183 e. The quantitative estimate of drug-likeness (QED) is 0.733. The van der Waals surface area contributed by atoms with E-state index < -0.39 is 0 Å². The van der Waals surface area contributed by atoms with Crippen molar-refractivity contribution in [3.8, 4) is 11.3 Å². The van der Waals surface area contributed by atoms with Crippen molar-refractivity contribution < 1.29 is 0 Å². The van der Waals surface area contributed by atoms with Crippen LogP contribution >= 0.6 is 11.3 Å². The number of anilines is 1. The normalized spacial score (nSPS) is 10.5. The van der Waals surface area contributed by atoms with E-state index in [1.54, 1.807) is 11.3 Å². The zero-order valence-corrected chi connectivity index (χ0v) is 12.9. The third kappa shape index (κ3) is 3.70. The van der Waals surface area contributed by atoms with Gasteiger partial charge in [-0.15, -0.1) is 11.3 Å². The molecule has 0 fully saturated rings. The Bertz CT molecular complexity index is 687. The number of rotatable bonds is 5. The Labute approximate surface area is 129 Å². The number of nitrogens with one attached hydrogen (secondary N) is 1. The number of aromatic nitrogens is 1. The summed E-state index contributed by atoms with van der Waals surface area (Å²) in [5.41, 5.74) is 4.84. The van der Waals surface area contributed by atoms with Crippen molar-refractivity contribution in [2.75, 3.05) is 11.9 Å². The molecule has 0 saturated heterocycles. The van der Waals surface area contributed by atoms with Gasteiger partial charge < -0.3 is 5.32 Å². The van der Waals surface area contributed by atoms with Gasteiger partial charge in [0.1, 0.15) is 0 Å². The Morgan fingerprint density at radius 1 is 1.00 bits per heavy atom. The topological polar surface area (TPSA) is 24.9 Å². The van der Waals surface area contributed by atoms with E-state index in [9.17, 15) is 0 Å². The molecule has 3 rings (SSSR count). The minimum atomic E-state index is 0.908. The number of hydrogen-bond acceptors (Lipinski definition) is 3. The highest BCUT2D eigenvalue weighted by Gasteiger charge is 2.04. The van der Waals surface area contributed by atoms with Crippen LogP contribution in [0.15, 0.2) is 60.0 Å². The Hall–Kier alpha value is -2.13. The van der Waals surface area contributed by atoms with E-state index in [0.717, 1.165) is 23.8 Å². The second-order valence-corrected chi connectivity index (χ2v) is 5.92. The maximum absolute atomic E-state index is 4.65. The molecule has 2 nitrogen and oxygen atoms in total. The standard InChI is InChI=1S/C18H18N2S/c1-14-7-9-16(10-8-14)17-13-21-18(20-17)19-12-11-15-5-3-2-4-6-15/h2-10,13H,11-12H2,1H3,(H,19,20). The molecule has 21 heavy (non-hydrogen) atoms. The van der Waals surface area contributed by atoms with Crippen molar-refractivity contribution in [3.05, 3.63) is 71.1 Å². The first-order chi connectivity index (χ1) is 10.3. The summed E-state index contributed by atoms with van der Waals surface area (Å²) in [6.07, 6.45) is 1.01. The van der Waals surface area contributed by atoms with Gasteiger partial charge >= 0.3 is 0 Å². The van der Waals surface area contributed by atoms with E-state index in [1.807, 2.05) is 6.07 Å². The second-order valence-electron chi connectivity index (χ2n) is 5.07. The van der Waals surface area contributed by atoms with E-state index in [-0.39, 0.29) is 0 Å². The highest BCUT2D eigenvalue weighted by atomic mass is 32.1. The minimum absolute atomic E-state index is 0.908. The maximum atomic E-state index is 4.65. The lowest BCUT2D eigenvalue weighted by Gasteiger charge is -2.02. The summed E-state index contributed by atoms with van der Waals surface area (Å²) < 4.78 is 0. The molecule has 0 spiro atoms. The average molecular weight is 294 g/mol. The molecule has 0 unspecified atom stereocenters. The molecule has 0 aliphatic rings. The van der Waals surface area contributed by atoms with Gasteiger partial charge in [0, 0.05) is 17.5 Å². The molecule has 0 radical (unpaired) electrons. The van der Waals surface area contributed by atoms with Crippen LogP contribution in [-0.4, -0.2) is 11.5 Å². The van der Waals surface area contributed by atoms with Gasteiger partial charge in [0.15, 0.2) is 5.13 Å².